The lowest BCUT2D eigenvalue weighted by atomic mass is 10.2. The Hall–Kier alpha value is -3.81. The van der Waals surface area contributed by atoms with Crippen molar-refractivity contribution < 1.29 is 23.5 Å². The van der Waals surface area contributed by atoms with E-state index in [1.165, 1.54) is 12.1 Å². The second-order valence-corrected chi connectivity index (χ2v) is 6.84. The van der Waals surface area contributed by atoms with Crippen LogP contribution in [0.15, 0.2) is 54.6 Å². The molecule has 1 aromatic heterocycles. The number of ether oxygens (including phenoxy) is 1. The molecular formula is C22H18FN3O4. The maximum Gasteiger partial charge on any atom is 0.359 e. The van der Waals surface area contributed by atoms with Gasteiger partial charge in [0.2, 0.25) is 0 Å². The minimum Gasteiger partial charge on any atom is -0.451 e. The minimum absolute atomic E-state index is 0.133. The highest BCUT2D eigenvalue weighted by Gasteiger charge is 2.28. The zero-order valence-corrected chi connectivity index (χ0v) is 15.9. The lowest BCUT2D eigenvalue weighted by molar-refractivity contribution is -0.123. The molecule has 1 N–H and O–H groups in total. The molecule has 7 nitrogen and oxygen atoms in total. The van der Waals surface area contributed by atoms with Crippen LogP contribution in [-0.2, 0) is 22.4 Å². The first-order valence-electron chi connectivity index (χ1n) is 9.46. The number of benzene rings is 2. The molecule has 0 bridgehead atoms. The van der Waals surface area contributed by atoms with Gasteiger partial charge in [-0.2, -0.15) is 5.10 Å². The van der Waals surface area contributed by atoms with Crippen LogP contribution in [-0.4, -0.2) is 34.2 Å². The van der Waals surface area contributed by atoms with Gasteiger partial charge in [0.15, 0.2) is 12.3 Å². The van der Waals surface area contributed by atoms with Crippen molar-refractivity contribution in [3.8, 4) is 5.69 Å². The summed E-state index contributed by atoms with van der Waals surface area (Å²) >= 11 is 0. The quantitative estimate of drug-likeness (QED) is 0.657. The van der Waals surface area contributed by atoms with Crippen LogP contribution in [0.4, 0.5) is 4.39 Å². The van der Waals surface area contributed by atoms with E-state index in [1.807, 2.05) is 0 Å². The molecule has 0 spiro atoms. The van der Waals surface area contributed by atoms with Crippen molar-refractivity contribution in [1.29, 1.82) is 0 Å². The summed E-state index contributed by atoms with van der Waals surface area (Å²) in [6, 6.07) is 14.1. The fourth-order valence-electron chi connectivity index (χ4n) is 3.42. The van der Waals surface area contributed by atoms with E-state index in [-0.39, 0.29) is 11.5 Å². The largest absolute Gasteiger partial charge is 0.451 e. The number of imide groups is 1. The molecule has 0 radical (unpaired) electrons. The molecule has 1 aliphatic carbocycles. The first-order valence-corrected chi connectivity index (χ1v) is 9.46. The van der Waals surface area contributed by atoms with E-state index < -0.39 is 24.4 Å². The highest BCUT2D eigenvalue weighted by molar-refractivity contribution is 6.05. The smallest absolute Gasteiger partial charge is 0.359 e. The fraction of sp³-hybridized carbons (Fsp3) is 0.182. The van der Waals surface area contributed by atoms with Crippen LogP contribution in [0.25, 0.3) is 5.69 Å². The average Bonchev–Trinajstić information content (AvgIpc) is 3.36. The molecule has 2 amide bonds. The number of rotatable bonds is 5. The van der Waals surface area contributed by atoms with Gasteiger partial charge in [0.1, 0.15) is 5.82 Å². The van der Waals surface area contributed by atoms with E-state index in [1.54, 1.807) is 47.1 Å². The summed E-state index contributed by atoms with van der Waals surface area (Å²) in [7, 11) is 0. The van der Waals surface area contributed by atoms with Crippen LogP contribution in [0.5, 0.6) is 0 Å². The molecular weight excluding hydrogens is 389 g/mol. The van der Waals surface area contributed by atoms with Crippen molar-refractivity contribution in [3.05, 3.63) is 82.9 Å². The van der Waals surface area contributed by atoms with E-state index in [0.29, 0.717) is 17.7 Å². The zero-order chi connectivity index (χ0) is 21.1. The van der Waals surface area contributed by atoms with Crippen molar-refractivity contribution in [1.82, 2.24) is 15.1 Å². The standard InChI is InChI=1S/C22H18FN3O4/c23-15-9-11-16(12-10-15)26-18-8-4-7-17(18)20(25-26)22(29)30-13-19(27)24-21(28)14-5-2-1-3-6-14/h1-3,5-6,9-12H,4,7-8,13H2,(H,24,27,28). The number of nitrogens with zero attached hydrogens (tertiary/aromatic N) is 2. The molecule has 4 rings (SSSR count). The molecule has 0 saturated carbocycles. The molecule has 0 unspecified atom stereocenters. The number of nitrogens with one attached hydrogen (secondary N) is 1. The van der Waals surface area contributed by atoms with Gasteiger partial charge in [-0.1, -0.05) is 18.2 Å². The molecule has 30 heavy (non-hydrogen) atoms. The van der Waals surface area contributed by atoms with Gasteiger partial charge in [-0.25, -0.2) is 13.9 Å². The number of hydrogen-bond donors (Lipinski definition) is 1. The van der Waals surface area contributed by atoms with Gasteiger partial charge >= 0.3 is 5.97 Å². The SMILES string of the molecule is O=C(COC(=O)c1nn(-c2ccc(F)cc2)c2c1CCC2)NC(=O)c1ccccc1. The molecule has 0 fully saturated rings. The number of carbonyl (C=O) groups is 3. The van der Waals surface area contributed by atoms with Crippen LogP contribution in [0.2, 0.25) is 0 Å². The predicted octanol–water partition coefficient (Wildman–Crippen LogP) is 2.61. The first-order chi connectivity index (χ1) is 14.5. The molecule has 1 aliphatic rings. The Bertz CT molecular complexity index is 1110. The van der Waals surface area contributed by atoms with Crippen LogP contribution in [0.3, 0.4) is 0 Å². The number of esters is 1. The Morgan fingerprint density at radius 3 is 2.50 bits per heavy atom. The van der Waals surface area contributed by atoms with E-state index in [2.05, 4.69) is 10.4 Å². The molecule has 0 atom stereocenters. The Morgan fingerprint density at radius 1 is 1.03 bits per heavy atom. The number of halogens is 1. The highest BCUT2D eigenvalue weighted by Crippen LogP contribution is 2.28. The van der Waals surface area contributed by atoms with Crippen molar-refractivity contribution in [2.24, 2.45) is 0 Å². The summed E-state index contributed by atoms with van der Waals surface area (Å²) in [5.41, 5.74) is 2.74. The van der Waals surface area contributed by atoms with Crippen LogP contribution >= 0.6 is 0 Å². The summed E-state index contributed by atoms with van der Waals surface area (Å²) in [4.78, 5) is 36.5. The van der Waals surface area contributed by atoms with E-state index >= 15 is 0 Å². The van der Waals surface area contributed by atoms with Gasteiger partial charge in [0, 0.05) is 16.8 Å². The number of aromatic nitrogens is 2. The van der Waals surface area contributed by atoms with Gasteiger partial charge in [-0.15, -0.1) is 0 Å². The molecule has 0 aliphatic heterocycles. The topological polar surface area (TPSA) is 90.3 Å². The summed E-state index contributed by atoms with van der Waals surface area (Å²) in [6.45, 7) is -0.602. The third kappa shape index (κ3) is 3.98. The average molecular weight is 407 g/mol. The summed E-state index contributed by atoms with van der Waals surface area (Å²) in [6.07, 6.45) is 2.26. The summed E-state index contributed by atoms with van der Waals surface area (Å²) < 4.78 is 19.9. The van der Waals surface area contributed by atoms with Crippen molar-refractivity contribution in [2.75, 3.05) is 6.61 Å². The second kappa shape index (κ2) is 8.28. The molecule has 8 heteroatoms. The summed E-state index contributed by atoms with van der Waals surface area (Å²) in [5, 5.41) is 6.51. The van der Waals surface area contributed by atoms with Gasteiger partial charge in [0.25, 0.3) is 11.8 Å². The normalized spacial score (nSPS) is 12.3. The van der Waals surface area contributed by atoms with Crippen molar-refractivity contribution in [2.45, 2.75) is 19.3 Å². The fourth-order valence-corrected chi connectivity index (χ4v) is 3.42. The lowest BCUT2D eigenvalue weighted by Crippen LogP contribution is -2.34. The van der Waals surface area contributed by atoms with E-state index in [9.17, 15) is 18.8 Å². The van der Waals surface area contributed by atoms with Gasteiger partial charge in [0.05, 0.1) is 5.69 Å². The van der Waals surface area contributed by atoms with Gasteiger partial charge in [-0.05, 0) is 55.7 Å². The zero-order valence-electron chi connectivity index (χ0n) is 15.9. The van der Waals surface area contributed by atoms with Crippen LogP contribution in [0, 0.1) is 5.82 Å². The van der Waals surface area contributed by atoms with Crippen LogP contribution < -0.4 is 5.32 Å². The molecule has 2 aromatic carbocycles. The van der Waals surface area contributed by atoms with Gasteiger partial charge < -0.3 is 4.74 Å². The van der Waals surface area contributed by atoms with E-state index in [0.717, 1.165) is 24.1 Å². The predicted molar refractivity (Wildman–Crippen MR) is 105 cm³/mol. The third-order valence-corrected chi connectivity index (χ3v) is 4.82. The Kier molecular flexibility index (Phi) is 5.38. The molecule has 3 aromatic rings. The number of amides is 2. The van der Waals surface area contributed by atoms with E-state index in [4.69, 9.17) is 4.74 Å². The molecule has 152 valence electrons. The number of carbonyl (C=O) groups excluding carboxylic acids is 3. The Morgan fingerprint density at radius 2 is 1.77 bits per heavy atom. The molecule has 1 heterocycles. The lowest BCUT2D eigenvalue weighted by Gasteiger charge is -2.06. The van der Waals surface area contributed by atoms with Crippen molar-refractivity contribution >= 4 is 17.8 Å². The van der Waals surface area contributed by atoms with Gasteiger partial charge in [-0.3, -0.25) is 14.9 Å². The highest BCUT2D eigenvalue weighted by atomic mass is 19.1. The number of hydrogen-bond acceptors (Lipinski definition) is 5. The first kappa shape index (κ1) is 19.5. The maximum absolute atomic E-state index is 13.2. The minimum atomic E-state index is -0.740. The summed E-state index contributed by atoms with van der Waals surface area (Å²) in [5.74, 6) is -2.40. The van der Waals surface area contributed by atoms with Crippen molar-refractivity contribution in [3.63, 3.8) is 0 Å². The Labute approximate surface area is 171 Å². The van der Waals surface area contributed by atoms with Crippen LogP contribution in [0.1, 0.15) is 38.5 Å². The Balaban J connectivity index is 1.44. The monoisotopic (exact) mass is 407 g/mol. The number of fused-ring (bicyclic) bond motifs is 1. The third-order valence-electron chi connectivity index (χ3n) is 4.82. The molecule has 0 saturated heterocycles. The maximum atomic E-state index is 13.2. The second-order valence-electron chi connectivity index (χ2n) is 6.84.